The monoisotopic (exact) mass is 204 g/mol. The third-order valence-corrected chi connectivity index (χ3v) is 1.88. The number of hydrogen-bond acceptors (Lipinski definition) is 2. The Bertz CT molecular complexity index is 190. The zero-order valence-corrected chi connectivity index (χ0v) is 9.16. The average Bonchev–Trinajstić information content (AvgIpc) is 2.57. The summed E-state index contributed by atoms with van der Waals surface area (Å²) < 4.78 is 6.70. The quantitative estimate of drug-likeness (QED) is 0.704. The second-order valence-electron chi connectivity index (χ2n) is 2.94. The van der Waals surface area contributed by atoms with Gasteiger partial charge >= 0.3 is 0 Å². The van der Waals surface area contributed by atoms with E-state index in [0.717, 1.165) is 6.61 Å². The molecule has 0 bridgehead atoms. The van der Waals surface area contributed by atoms with Crippen molar-refractivity contribution >= 4 is 11.6 Å². The van der Waals surface area contributed by atoms with E-state index in [0.29, 0.717) is 11.8 Å². The number of ether oxygens (including phenoxy) is 1. The van der Waals surface area contributed by atoms with E-state index in [1.165, 1.54) is 0 Å². The van der Waals surface area contributed by atoms with E-state index in [-0.39, 0.29) is 0 Å². The molecule has 1 unspecified atom stereocenters. The minimum atomic E-state index is 0.492. The molecule has 0 radical (unpaired) electrons. The predicted octanol–water partition coefficient (Wildman–Crippen LogP) is 1.93. The molecule has 0 N–H and O–H groups in total. The first-order valence-electron chi connectivity index (χ1n) is 4.17. The van der Waals surface area contributed by atoms with E-state index < -0.39 is 0 Å². The van der Waals surface area contributed by atoms with Crippen molar-refractivity contribution in [3.8, 4) is 0 Å². The summed E-state index contributed by atoms with van der Waals surface area (Å²) in [7, 11) is 3.62. The molecule has 0 fully saturated rings. The lowest BCUT2D eigenvalue weighted by atomic mass is 10.2. The minimum Gasteiger partial charge on any atom is -0.384 e. The molecule has 0 aliphatic heterocycles. The zero-order valence-electron chi connectivity index (χ0n) is 8.40. The molecule has 13 heavy (non-hydrogen) atoms. The summed E-state index contributed by atoms with van der Waals surface area (Å²) in [4.78, 5) is 3.78. The Morgan fingerprint density at radius 3 is 2.46 bits per heavy atom. The van der Waals surface area contributed by atoms with Crippen LogP contribution in [0.5, 0.6) is 0 Å². The molecule has 0 amide bonds. The summed E-state index contributed by atoms with van der Waals surface area (Å²) in [6.45, 7) is 2.82. The fraction of sp³-hybridized carbons (Fsp3) is 0.667. The van der Waals surface area contributed by atoms with Gasteiger partial charge in [-0.3, -0.25) is 0 Å². The van der Waals surface area contributed by atoms with Crippen molar-refractivity contribution in [2.45, 2.75) is 6.92 Å². The van der Waals surface area contributed by atoms with Crippen LogP contribution in [0.2, 0.25) is 0 Å². The highest BCUT2D eigenvalue weighted by atomic mass is 35.5. The third-order valence-electron chi connectivity index (χ3n) is 1.35. The van der Waals surface area contributed by atoms with Crippen LogP contribution in [0.25, 0.3) is 0 Å². The molecule has 1 heterocycles. The molecule has 0 saturated heterocycles. The normalized spacial score (nSPS) is 11.7. The third kappa shape index (κ3) is 7.81. The van der Waals surface area contributed by atoms with Gasteiger partial charge in [0.25, 0.3) is 0 Å². The Morgan fingerprint density at radius 2 is 2.31 bits per heavy atom. The van der Waals surface area contributed by atoms with E-state index in [1.54, 1.807) is 19.6 Å². The molecule has 0 spiro atoms. The minimum absolute atomic E-state index is 0.492. The van der Waals surface area contributed by atoms with Gasteiger partial charge in [-0.2, -0.15) is 0 Å². The maximum Gasteiger partial charge on any atom is 0.0943 e. The molecule has 1 rings (SSSR count). The number of rotatable bonds is 3. The van der Waals surface area contributed by atoms with Gasteiger partial charge < -0.3 is 9.30 Å². The van der Waals surface area contributed by atoms with Crippen molar-refractivity contribution in [2.75, 3.05) is 19.6 Å². The van der Waals surface area contributed by atoms with Crippen LogP contribution < -0.4 is 0 Å². The van der Waals surface area contributed by atoms with Crippen LogP contribution in [0, 0.1) is 5.92 Å². The average molecular weight is 205 g/mol. The van der Waals surface area contributed by atoms with Crippen molar-refractivity contribution in [1.82, 2.24) is 9.55 Å². The van der Waals surface area contributed by atoms with Gasteiger partial charge in [0, 0.05) is 39.0 Å². The number of aryl methyl sites for hydroxylation is 1. The first kappa shape index (κ1) is 12.5. The molecule has 1 aromatic heterocycles. The number of nitrogens with zero attached hydrogens (tertiary/aromatic N) is 2. The van der Waals surface area contributed by atoms with E-state index in [4.69, 9.17) is 16.3 Å². The number of methoxy groups -OCH3 is 1. The Balaban J connectivity index is 0.000000223. The highest BCUT2D eigenvalue weighted by Crippen LogP contribution is 1.95. The van der Waals surface area contributed by atoms with Gasteiger partial charge in [0.15, 0.2) is 0 Å². The summed E-state index contributed by atoms with van der Waals surface area (Å²) in [6, 6.07) is 0. The van der Waals surface area contributed by atoms with E-state index in [9.17, 15) is 0 Å². The molecule has 1 atom stereocenters. The Hall–Kier alpha value is -0.540. The van der Waals surface area contributed by atoms with Crippen molar-refractivity contribution in [1.29, 1.82) is 0 Å². The number of aromatic nitrogens is 2. The van der Waals surface area contributed by atoms with Crippen molar-refractivity contribution in [3.63, 3.8) is 0 Å². The molecule has 4 heteroatoms. The highest BCUT2D eigenvalue weighted by Gasteiger charge is 1.94. The molecule has 0 saturated carbocycles. The molecular weight excluding hydrogens is 188 g/mol. The van der Waals surface area contributed by atoms with Crippen LogP contribution >= 0.6 is 11.6 Å². The molecule has 0 aliphatic rings. The molecule has 0 aromatic carbocycles. The predicted molar refractivity (Wildman–Crippen MR) is 55.0 cm³/mol. The van der Waals surface area contributed by atoms with Crippen LogP contribution in [-0.2, 0) is 11.8 Å². The lowest BCUT2D eigenvalue weighted by Gasteiger charge is -2.02. The van der Waals surface area contributed by atoms with Gasteiger partial charge in [-0.25, -0.2) is 4.98 Å². The lowest BCUT2D eigenvalue weighted by molar-refractivity contribution is 0.168. The first-order chi connectivity index (χ1) is 6.20. The molecule has 1 aromatic rings. The second-order valence-corrected chi connectivity index (χ2v) is 3.25. The first-order valence-corrected chi connectivity index (χ1v) is 4.71. The Labute approximate surface area is 84.7 Å². The molecule has 3 nitrogen and oxygen atoms in total. The number of imidazole rings is 1. The van der Waals surface area contributed by atoms with E-state index >= 15 is 0 Å². The summed E-state index contributed by atoms with van der Waals surface area (Å²) in [5.74, 6) is 1.18. The van der Waals surface area contributed by atoms with Gasteiger partial charge in [-0.15, -0.1) is 11.6 Å². The van der Waals surface area contributed by atoms with Gasteiger partial charge in [0.1, 0.15) is 0 Å². The summed E-state index contributed by atoms with van der Waals surface area (Å²) in [5, 5.41) is 0. The largest absolute Gasteiger partial charge is 0.384 e. The van der Waals surface area contributed by atoms with Crippen LogP contribution in [0.15, 0.2) is 18.7 Å². The fourth-order valence-corrected chi connectivity index (χ4v) is 0.744. The van der Waals surface area contributed by atoms with Gasteiger partial charge in [0.2, 0.25) is 0 Å². The van der Waals surface area contributed by atoms with E-state index in [2.05, 4.69) is 11.9 Å². The Kier molecular flexibility index (Phi) is 7.74. The Morgan fingerprint density at radius 1 is 1.62 bits per heavy atom. The van der Waals surface area contributed by atoms with E-state index in [1.807, 2.05) is 17.8 Å². The summed E-state index contributed by atoms with van der Waals surface area (Å²) >= 11 is 5.45. The number of hydrogen-bond donors (Lipinski definition) is 0. The standard InChI is InChI=1S/C5H11ClO.C4H6N2/c1-5(3-6)4-7-2;1-6-3-2-5-4-6/h5H,3-4H2,1-2H3;2-4H,1H3. The number of alkyl halides is 1. The topological polar surface area (TPSA) is 27.1 Å². The summed E-state index contributed by atoms with van der Waals surface area (Å²) in [5.41, 5.74) is 0. The molecular formula is C9H17ClN2O. The molecule has 0 aliphatic carbocycles. The van der Waals surface area contributed by atoms with Gasteiger partial charge in [-0.05, 0) is 5.92 Å². The fourth-order valence-electron chi connectivity index (χ4n) is 0.655. The number of halogens is 1. The maximum absolute atomic E-state index is 5.45. The van der Waals surface area contributed by atoms with Crippen LogP contribution in [0.1, 0.15) is 6.92 Å². The van der Waals surface area contributed by atoms with Gasteiger partial charge in [0.05, 0.1) is 6.33 Å². The van der Waals surface area contributed by atoms with Crippen LogP contribution in [0.4, 0.5) is 0 Å². The van der Waals surface area contributed by atoms with Crippen LogP contribution in [-0.4, -0.2) is 29.1 Å². The molecule has 76 valence electrons. The van der Waals surface area contributed by atoms with Crippen molar-refractivity contribution in [3.05, 3.63) is 18.7 Å². The maximum atomic E-state index is 5.45. The van der Waals surface area contributed by atoms with Crippen molar-refractivity contribution < 1.29 is 4.74 Å². The second kappa shape index (κ2) is 8.08. The van der Waals surface area contributed by atoms with Crippen LogP contribution in [0.3, 0.4) is 0 Å². The SMILES string of the molecule is COCC(C)CCl.Cn1ccnc1. The zero-order chi connectivity index (χ0) is 10.1. The smallest absolute Gasteiger partial charge is 0.0943 e. The lowest BCUT2D eigenvalue weighted by Crippen LogP contribution is -2.03. The van der Waals surface area contributed by atoms with Gasteiger partial charge in [-0.1, -0.05) is 6.92 Å². The summed E-state index contributed by atoms with van der Waals surface area (Å²) in [6.07, 6.45) is 5.39. The highest BCUT2D eigenvalue weighted by molar-refractivity contribution is 6.18. The van der Waals surface area contributed by atoms with Crippen molar-refractivity contribution in [2.24, 2.45) is 13.0 Å².